The van der Waals surface area contributed by atoms with E-state index in [2.05, 4.69) is 37.8 Å². The van der Waals surface area contributed by atoms with Gasteiger partial charge in [-0.1, -0.05) is 11.6 Å². The summed E-state index contributed by atoms with van der Waals surface area (Å²) in [4.78, 5) is 25.7. The molecular weight excluding hydrogens is 524 g/mol. The van der Waals surface area contributed by atoms with Crippen LogP contribution in [0.1, 0.15) is 24.1 Å². The first-order valence-corrected chi connectivity index (χ1v) is 13.1. The van der Waals surface area contributed by atoms with Crippen LogP contribution in [-0.2, 0) is 14.3 Å². The van der Waals surface area contributed by atoms with E-state index >= 15 is 0 Å². The molecule has 39 heavy (non-hydrogen) atoms. The number of rotatable bonds is 6. The van der Waals surface area contributed by atoms with Gasteiger partial charge in [-0.3, -0.25) is 4.79 Å². The molecule has 3 fully saturated rings. The summed E-state index contributed by atoms with van der Waals surface area (Å²) in [6.07, 6.45) is 2.85. The Morgan fingerprint density at radius 1 is 1.13 bits per heavy atom. The van der Waals surface area contributed by atoms with Gasteiger partial charge in [0.05, 0.1) is 60.6 Å². The van der Waals surface area contributed by atoms with Crippen molar-refractivity contribution in [3.8, 4) is 12.1 Å². The molecule has 1 unspecified atom stereocenters. The van der Waals surface area contributed by atoms with Crippen molar-refractivity contribution < 1.29 is 14.3 Å². The van der Waals surface area contributed by atoms with Gasteiger partial charge in [0.1, 0.15) is 6.07 Å². The number of amides is 1. The van der Waals surface area contributed by atoms with Crippen molar-refractivity contribution in [2.45, 2.75) is 25.0 Å². The van der Waals surface area contributed by atoms with Crippen LogP contribution in [0.5, 0.6) is 0 Å². The van der Waals surface area contributed by atoms with Gasteiger partial charge in [-0.05, 0) is 25.0 Å². The maximum Gasteiger partial charge on any atom is 0.253 e. The van der Waals surface area contributed by atoms with E-state index in [9.17, 15) is 15.3 Å². The largest absolute Gasteiger partial charge is 0.378 e. The highest BCUT2D eigenvalue weighted by molar-refractivity contribution is 6.36. The summed E-state index contributed by atoms with van der Waals surface area (Å²) >= 11 is 6.88. The Bertz CT molecular complexity index is 1500. The smallest absolute Gasteiger partial charge is 0.253 e. The van der Waals surface area contributed by atoms with Gasteiger partial charge in [-0.25, -0.2) is 4.98 Å². The molecule has 14 heteroatoms. The number of halogens is 1. The fourth-order valence-electron chi connectivity index (χ4n) is 4.65. The first kappa shape index (κ1) is 25.1. The molecule has 1 aromatic carbocycles. The average Bonchev–Trinajstić information content (AvgIpc) is 3.69. The molecule has 2 saturated heterocycles. The monoisotopic (exact) mass is 548 g/mol. The topological polar surface area (TPSA) is 157 Å². The minimum absolute atomic E-state index is 0.0834. The van der Waals surface area contributed by atoms with Crippen molar-refractivity contribution in [2.24, 2.45) is 0 Å². The summed E-state index contributed by atoms with van der Waals surface area (Å²) in [7, 11) is 0. The van der Waals surface area contributed by atoms with Crippen LogP contribution in [0.4, 0.5) is 23.1 Å². The molecule has 3 aromatic rings. The van der Waals surface area contributed by atoms with Crippen molar-refractivity contribution in [3.05, 3.63) is 34.6 Å². The molecule has 200 valence electrons. The Morgan fingerprint density at radius 2 is 1.95 bits per heavy atom. The Balaban J connectivity index is 1.30. The molecule has 13 nitrogen and oxygen atoms in total. The molecule has 3 aliphatic rings. The van der Waals surface area contributed by atoms with Gasteiger partial charge in [0.15, 0.2) is 23.3 Å². The molecule has 1 saturated carbocycles. The SMILES string of the molecule is N#Cc1cc(Nc2nc(NC3CC3)c3ncc(C#N)n3n2)c(Cl)c(N2CCOC(C(=O)N3CCOCC3)C2)c1. The Hall–Kier alpha value is -4.17. The second-order valence-electron chi connectivity index (χ2n) is 9.53. The summed E-state index contributed by atoms with van der Waals surface area (Å²) in [5.74, 6) is 0.604. The van der Waals surface area contributed by atoms with Gasteiger partial charge in [-0.2, -0.15) is 20.0 Å². The second-order valence-corrected chi connectivity index (χ2v) is 9.91. The first-order chi connectivity index (χ1) is 19.0. The number of carbonyl (C=O) groups excluding carboxylic acids is 1. The minimum atomic E-state index is -0.650. The number of morpholine rings is 2. The van der Waals surface area contributed by atoms with Gasteiger partial charge >= 0.3 is 0 Å². The van der Waals surface area contributed by atoms with E-state index in [4.69, 9.17) is 21.1 Å². The molecule has 1 atom stereocenters. The highest BCUT2D eigenvalue weighted by Gasteiger charge is 2.32. The molecule has 0 spiro atoms. The number of nitriles is 2. The summed E-state index contributed by atoms with van der Waals surface area (Å²) < 4.78 is 12.6. The minimum Gasteiger partial charge on any atom is -0.378 e. The van der Waals surface area contributed by atoms with Crippen LogP contribution in [-0.4, -0.2) is 88.5 Å². The number of carbonyl (C=O) groups is 1. The fraction of sp³-hybridized carbons (Fsp3) is 0.440. The number of ether oxygens (including phenoxy) is 2. The summed E-state index contributed by atoms with van der Waals surface area (Å²) in [6.45, 7) is 3.21. The lowest BCUT2D eigenvalue weighted by Gasteiger charge is -2.37. The van der Waals surface area contributed by atoms with Gasteiger partial charge in [0, 0.05) is 25.7 Å². The number of benzene rings is 1. The number of nitrogens with one attached hydrogen (secondary N) is 2. The van der Waals surface area contributed by atoms with Crippen LogP contribution in [0.3, 0.4) is 0 Å². The Labute approximate surface area is 228 Å². The summed E-state index contributed by atoms with van der Waals surface area (Å²) in [5, 5.41) is 30.5. The molecule has 4 heterocycles. The van der Waals surface area contributed by atoms with Crippen molar-refractivity contribution in [1.82, 2.24) is 24.5 Å². The molecule has 2 N–H and O–H groups in total. The summed E-state index contributed by atoms with van der Waals surface area (Å²) in [6, 6.07) is 7.87. The third-order valence-corrected chi connectivity index (χ3v) is 7.23. The zero-order chi connectivity index (χ0) is 26.9. The lowest BCUT2D eigenvalue weighted by molar-refractivity contribution is -0.148. The molecular formula is C25H25ClN10O3. The number of hydrogen-bond donors (Lipinski definition) is 2. The maximum absolute atomic E-state index is 13.1. The zero-order valence-electron chi connectivity index (χ0n) is 20.9. The van der Waals surface area contributed by atoms with E-state index < -0.39 is 6.10 Å². The normalized spacial score (nSPS) is 19.4. The maximum atomic E-state index is 13.1. The number of anilines is 4. The first-order valence-electron chi connectivity index (χ1n) is 12.7. The lowest BCUT2D eigenvalue weighted by atomic mass is 10.1. The highest BCUT2D eigenvalue weighted by atomic mass is 35.5. The molecule has 1 amide bonds. The quantitative estimate of drug-likeness (QED) is 0.463. The van der Waals surface area contributed by atoms with Crippen LogP contribution >= 0.6 is 11.6 Å². The van der Waals surface area contributed by atoms with Crippen molar-refractivity contribution in [2.75, 3.05) is 61.5 Å². The molecule has 6 rings (SSSR count). The molecule has 1 aliphatic carbocycles. The predicted octanol–water partition coefficient (Wildman–Crippen LogP) is 1.90. The Kier molecular flexibility index (Phi) is 6.79. The standard InChI is InChI=1S/C25H25ClN10O3/c26-21-18(31-25-32-22(30-16-1-2-16)23-29-13-17(12-28)36(23)33-25)9-15(11-27)10-19(21)35-5-8-39-20(14-35)24(37)34-3-6-38-7-4-34/h9-10,13,16,20H,1-8,14H2,(H2,30,31,32,33). The molecule has 0 bridgehead atoms. The van der Waals surface area contributed by atoms with E-state index in [0.29, 0.717) is 85.5 Å². The van der Waals surface area contributed by atoms with E-state index in [0.717, 1.165) is 12.8 Å². The Morgan fingerprint density at radius 3 is 2.69 bits per heavy atom. The van der Waals surface area contributed by atoms with E-state index in [1.54, 1.807) is 17.0 Å². The number of imidazole rings is 1. The third-order valence-electron chi connectivity index (χ3n) is 6.83. The summed E-state index contributed by atoms with van der Waals surface area (Å²) in [5.41, 5.74) is 2.10. The molecule has 2 aliphatic heterocycles. The number of hydrogen-bond acceptors (Lipinski definition) is 11. The third kappa shape index (κ3) is 5.12. The van der Waals surface area contributed by atoms with Crippen LogP contribution in [0.25, 0.3) is 5.65 Å². The van der Waals surface area contributed by atoms with Crippen molar-refractivity contribution >= 4 is 46.3 Å². The van der Waals surface area contributed by atoms with Crippen molar-refractivity contribution in [1.29, 1.82) is 10.5 Å². The van der Waals surface area contributed by atoms with Crippen LogP contribution in [0.15, 0.2) is 18.3 Å². The number of nitrogens with zero attached hydrogens (tertiary/aromatic N) is 8. The number of aromatic nitrogens is 4. The van der Waals surface area contributed by atoms with Crippen LogP contribution in [0.2, 0.25) is 5.02 Å². The fourth-order valence-corrected chi connectivity index (χ4v) is 4.92. The van der Waals surface area contributed by atoms with E-state index in [1.807, 2.05) is 4.90 Å². The highest BCUT2D eigenvalue weighted by Crippen LogP contribution is 2.37. The van der Waals surface area contributed by atoms with Crippen LogP contribution < -0.4 is 15.5 Å². The predicted molar refractivity (Wildman–Crippen MR) is 141 cm³/mol. The van der Waals surface area contributed by atoms with Gasteiger partial charge in [0.2, 0.25) is 5.95 Å². The molecule has 2 aromatic heterocycles. The number of fused-ring (bicyclic) bond motifs is 1. The average molecular weight is 549 g/mol. The molecule has 0 radical (unpaired) electrons. The van der Waals surface area contributed by atoms with Crippen LogP contribution in [0, 0.1) is 22.7 Å². The van der Waals surface area contributed by atoms with E-state index in [-0.39, 0.29) is 17.5 Å². The van der Waals surface area contributed by atoms with Crippen molar-refractivity contribution in [3.63, 3.8) is 0 Å². The van der Waals surface area contributed by atoms with Gasteiger partial charge in [-0.15, -0.1) is 5.10 Å². The van der Waals surface area contributed by atoms with E-state index in [1.165, 1.54) is 10.7 Å². The zero-order valence-corrected chi connectivity index (χ0v) is 21.7. The lowest BCUT2D eigenvalue weighted by Crippen LogP contribution is -2.53. The van der Waals surface area contributed by atoms with Gasteiger partial charge in [0.25, 0.3) is 5.91 Å². The van der Waals surface area contributed by atoms with Gasteiger partial charge < -0.3 is 29.9 Å². The second kappa shape index (κ2) is 10.5.